The molecule has 2 saturated carbocycles. The van der Waals surface area contributed by atoms with Crippen LogP contribution in [0.2, 0.25) is 0 Å². The third-order valence-electron chi connectivity index (χ3n) is 2.03. The number of alkyl halides is 2. The summed E-state index contributed by atoms with van der Waals surface area (Å²) in [5.41, 5.74) is 0. The Balaban J connectivity index is 2.12. The minimum atomic E-state index is 0.823. The molecule has 0 saturated heterocycles. The maximum Gasteiger partial charge on any atom is 0.0274 e. The molecule has 0 nitrogen and oxygen atoms in total. The second kappa shape index (κ2) is 1.30. The Morgan fingerprint density at radius 1 is 1.43 bits per heavy atom. The molecule has 0 heterocycles. The van der Waals surface area contributed by atoms with E-state index in [0.29, 0.717) is 0 Å². The van der Waals surface area contributed by atoms with Crippen LogP contribution in [-0.2, 0) is 0 Å². The van der Waals surface area contributed by atoms with Crippen LogP contribution in [0.4, 0.5) is 0 Å². The smallest absolute Gasteiger partial charge is 0.0274 e. The monoisotopic (exact) mass is 320 g/mol. The molecule has 7 heavy (non-hydrogen) atoms. The first kappa shape index (κ1) is 5.26. The van der Waals surface area contributed by atoms with Gasteiger partial charge in [0.15, 0.2) is 0 Å². The molecule has 40 valence electrons. The summed E-state index contributed by atoms with van der Waals surface area (Å²) in [7, 11) is 0. The van der Waals surface area contributed by atoms with Crippen LogP contribution in [0, 0.1) is 5.92 Å². The Hall–Kier alpha value is 1.46. The van der Waals surface area contributed by atoms with Crippen molar-refractivity contribution in [1.29, 1.82) is 0 Å². The van der Waals surface area contributed by atoms with Crippen molar-refractivity contribution in [2.45, 2.75) is 20.2 Å². The number of rotatable bonds is 0. The maximum atomic E-state index is 2.61. The SMILES string of the molecule is IC1CC2(I)C[C@@H]12. The summed E-state index contributed by atoms with van der Waals surface area (Å²) < 4.78 is 1.86. The second-order valence-corrected chi connectivity index (χ2v) is 6.31. The van der Waals surface area contributed by atoms with Crippen LogP contribution in [0.15, 0.2) is 0 Å². The van der Waals surface area contributed by atoms with Crippen molar-refractivity contribution in [1.82, 2.24) is 0 Å². The largest absolute Gasteiger partial charge is 0.0822 e. The summed E-state index contributed by atoms with van der Waals surface area (Å²) in [6.07, 6.45) is 3.00. The Labute approximate surface area is 70.7 Å². The molecule has 2 heteroatoms. The van der Waals surface area contributed by atoms with E-state index in [4.69, 9.17) is 0 Å². The highest BCUT2D eigenvalue weighted by Crippen LogP contribution is 2.68. The van der Waals surface area contributed by atoms with Crippen molar-refractivity contribution in [2.75, 3.05) is 0 Å². The Kier molecular flexibility index (Phi) is 0.979. The molecule has 0 aromatic rings. The molecule has 0 aliphatic heterocycles. The number of fused-ring (bicyclic) bond motifs is 1. The predicted octanol–water partition coefficient (Wildman–Crippen LogP) is 2.39. The van der Waals surface area contributed by atoms with Gasteiger partial charge in [-0.2, -0.15) is 0 Å². The molecule has 2 aliphatic rings. The molecule has 3 atom stereocenters. The average Bonchev–Trinajstić information content (AvgIpc) is 2.10. The van der Waals surface area contributed by atoms with E-state index >= 15 is 0 Å². The predicted molar refractivity (Wildman–Crippen MR) is 47.3 cm³/mol. The van der Waals surface area contributed by atoms with Crippen LogP contribution in [-0.4, -0.2) is 7.35 Å². The lowest BCUT2D eigenvalue weighted by Crippen LogP contribution is -2.25. The average molecular weight is 320 g/mol. The molecule has 0 aromatic carbocycles. The number of halogens is 2. The third kappa shape index (κ3) is 0.587. The highest BCUT2D eigenvalue weighted by Gasteiger charge is 2.64. The van der Waals surface area contributed by atoms with Crippen molar-refractivity contribution in [3.05, 3.63) is 0 Å². The fourth-order valence-electron chi connectivity index (χ4n) is 1.30. The molecule has 0 bridgehead atoms. The molecular weight excluding hydrogens is 314 g/mol. The molecule has 0 spiro atoms. The van der Waals surface area contributed by atoms with Gasteiger partial charge in [-0.05, 0) is 18.8 Å². The van der Waals surface area contributed by atoms with E-state index in [0.717, 1.165) is 13.3 Å². The van der Waals surface area contributed by atoms with Crippen molar-refractivity contribution in [3.8, 4) is 0 Å². The van der Waals surface area contributed by atoms with Gasteiger partial charge in [-0.1, -0.05) is 45.2 Å². The normalized spacial score (nSPS) is 66.0. The van der Waals surface area contributed by atoms with E-state index < -0.39 is 0 Å². The minimum absolute atomic E-state index is 0.823. The summed E-state index contributed by atoms with van der Waals surface area (Å²) in [4.78, 5) is 0. The van der Waals surface area contributed by atoms with Gasteiger partial charge < -0.3 is 0 Å². The topological polar surface area (TPSA) is 0 Å². The van der Waals surface area contributed by atoms with E-state index in [1.165, 1.54) is 12.8 Å². The first-order valence-electron chi connectivity index (χ1n) is 2.55. The Morgan fingerprint density at radius 3 is 2.14 bits per heavy atom. The van der Waals surface area contributed by atoms with E-state index in [2.05, 4.69) is 45.2 Å². The molecule has 2 rings (SSSR count). The van der Waals surface area contributed by atoms with Gasteiger partial charge in [0, 0.05) is 7.35 Å². The summed E-state index contributed by atoms with van der Waals surface area (Å²) in [5, 5.41) is 0. The molecule has 0 amide bonds. The quantitative estimate of drug-likeness (QED) is 0.475. The number of hydrogen-bond donors (Lipinski definition) is 0. The fraction of sp³-hybridized carbons (Fsp3) is 1.00. The molecule has 2 aliphatic carbocycles. The third-order valence-corrected chi connectivity index (χ3v) is 5.02. The first-order chi connectivity index (χ1) is 3.22. The van der Waals surface area contributed by atoms with Crippen LogP contribution in [0.3, 0.4) is 0 Å². The van der Waals surface area contributed by atoms with Crippen LogP contribution >= 0.6 is 45.2 Å². The Bertz CT molecular complexity index is 113. The van der Waals surface area contributed by atoms with Crippen LogP contribution in [0.1, 0.15) is 12.8 Å². The lowest BCUT2D eigenvalue weighted by molar-refractivity contribution is 0.560. The first-order valence-corrected chi connectivity index (χ1v) is 4.88. The maximum absolute atomic E-state index is 2.61. The van der Waals surface area contributed by atoms with Gasteiger partial charge in [0.05, 0.1) is 0 Å². The van der Waals surface area contributed by atoms with E-state index in [9.17, 15) is 0 Å². The summed E-state index contributed by atoms with van der Waals surface area (Å²) in [6, 6.07) is 0. The Morgan fingerprint density at radius 2 is 2.14 bits per heavy atom. The fourth-order valence-corrected chi connectivity index (χ4v) is 5.94. The van der Waals surface area contributed by atoms with Gasteiger partial charge in [-0.25, -0.2) is 0 Å². The van der Waals surface area contributed by atoms with Crippen molar-refractivity contribution in [2.24, 2.45) is 5.92 Å². The molecule has 0 aromatic heterocycles. The van der Waals surface area contributed by atoms with Gasteiger partial charge >= 0.3 is 0 Å². The van der Waals surface area contributed by atoms with Crippen LogP contribution in [0.5, 0.6) is 0 Å². The van der Waals surface area contributed by atoms with Gasteiger partial charge in [-0.15, -0.1) is 0 Å². The molecule has 0 N–H and O–H groups in total. The highest BCUT2D eigenvalue weighted by molar-refractivity contribution is 14.1. The van der Waals surface area contributed by atoms with E-state index in [1.54, 1.807) is 0 Å². The van der Waals surface area contributed by atoms with Crippen molar-refractivity contribution >= 4 is 45.2 Å². The van der Waals surface area contributed by atoms with Gasteiger partial charge in [0.25, 0.3) is 0 Å². The second-order valence-electron chi connectivity index (χ2n) is 2.57. The molecule has 0 radical (unpaired) electrons. The standard InChI is InChI=1S/C5H6I2/c6-4-2-5(7)1-3(4)5/h3-4H,1-2H2/t3-,4?,5?/m0/s1. The van der Waals surface area contributed by atoms with Gasteiger partial charge in [0.2, 0.25) is 0 Å². The van der Waals surface area contributed by atoms with Crippen molar-refractivity contribution < 1.29 is 0 Å². The molecule has 2 fully saturated rings. The number of hydrogen-bond acceptors (Lipinski definition) is 0. The summed E-state index contributed by atoms with van der Waals surface area (Å²) in [6.45, 7) is 0. The lowest BCUT2D eigenvalue weighted by atomic mass is 10.0. The van der Waals surface area contributed by atoms with Crippen LogP contribution < -0.4 is 0 Å². The zero-order chi connectivity index (χ0) is 5.07. The lowest BCUT2D eigenvalue weighted by Gasteiger charge is -2.24. The summed E-state index contributed by atoms with van der Waals surface area (Å²) in [5.74, 6) is 1.12. The van der Waals surface area contributed by atoms with E-state index in [1.807, 2.05) is 0 Å². The minimum Gasteiger partial charge on any atom is -0.0822 e. The molecule has 2 unspecified atom stereocenters. The molecular formula is C5H6I2. The zero-order valence-electron chi connectivity index (χ0n) is 3.82. The van der Waals surface area contributed by atoms with Crippen LogP contribution in [0.25, 0.3) is 0 Å². The van der Waals surface area contributed by atoms with Crippen molar-refractivity contribution in [3.63, 3.8) is 0 Å². The summed E-state index contributed by atoms with van der Waals surface area (Å²) >= 11 is 5.18. The zero-order valence-corrected chi connectivity index (χ0v) is 8.14. The highest BCUT2D eigenvalue weighted by atomic mass is 127. The van der Waals surface area contributed by atoms with Gasteiger partial charge in [0.1, 0.15) is 0 Å². The van der Waals surface area contributed by atoms with E-state index in [-0.39, 0.29) is 0 Å². The van der Waals surface area contributed by atoms with Gasteiger partial charge in [-0.3, -0.25) is 0 Å².